The average molecular weight is 262 g/mol. The molecule has 1 atom stereocenters. The van der Waals surface area contributed by atoms with Crippen LogP contribution in [0.15, 0.2) is 18.2 Å². The highest BCUT2D eigenvalue weighted by Gasteiger charge is 2.25. The van der Waals surface area contributed by atoms with Gasteiger partial charge in [-0.15, -0.1) is 11.6 Å². The van der Waals surface area contributed by atoms with Crippen LogP contribution in [-0.4, -0.2) is 23.9 Å². The Bertz CT molecular complexity index is 407. The Labute approximate surface area is 104 Å². The molecule has 0 bridgehead atoms. The van der Waals surface area contributed by atoms with Crippen LogP contribution < -0.4 is 0 Å². The van der Waals surface area contributed by atoms with Crippen molar-refractivity contribution in [3.05, 3.63) is 35.4 Å². The van der Waals surface area contributed by atoms with Crippen molar-refractivity contribution < 1.29 is 13.6 Å². The molecule has 0 aromatic heterocycles. The van der Waals surface area contributed by atoms with Crippen LogP contribution in [0.5, 0.6) is 0 Å². The highest BCUT2D eigenvalue weighted by atomic mass is 35.5. The highest BCUT2D eigenvalue weighted by molar-refractivity contribution is 6.30. The van der Waals surface area contributed by atoms with Crippen molar-refractivity contribution in [1.82, 2.24) is 4.90 Å². The normalized spacial score (nSPS) is 12.3. The molecular weight excluding hydrogens is 248 g/mol. The fourth-order valence-electron chi connectivity index (χ4n) is 1.54. The first kappa shape index (κ1) is 13.9. The van der Waals surface area contributed by atoms with Crippen molar-refractivity contribution in [3.63, 3.8) is 0 Å². The smallest absolute Gasteiger partial charge is 0.245 e. The zero-order valence-electron chi connectivity index (χ0n) is 9.71. The Morgan fingerprint density at radius 1 is 1.35 bits per heavy atom. The second kappa shape index (κ2) is 5.96. The molecule has 0 saturated heterocycles. The number of benzene rings is 1. The van der Waals surface area contributed by atoms with Crippen LogP contribution >= 0.6 is 11.6 Å². The lowest BCUT2D eigenvalue weighted by molar-refractivity contribution is -0.130. The highest BCUT2D eigenvalue weighted by Crippen LogP contribution is 2.26. The molecule has 1 amide bonds. The summed E-state index contributed by atoms with van der Waals surface area (Å²) >= 11 is 5.89. The summed E-state index contributed by atoms with van der Waals surface area (Å²) in [5.74, 6) is -1.70. The van der Waals surface area contributed by atoms with E-state index in [0.717, 1.165) is 18.2 Å². The number of hydrogen-bond acceptors (Lipinski definition) is 1. The lowest BCUT2D eigenvalue weighted by Gasteiger charge is -2.22. The summed E-state index contributed by atoms with van der Waals surface area (Å²) in [7, 11) is 0. The van der Waals surface area contributed by atoms with E-state index in [9.17, 15) is 13.6 Å². The predicted molar refractivity (Wildman–Crippen MR) is 62.9 cm³/mol. The van der Waals surface area contributed by atoms with Crippen molar-refractivity contribution in [2.75, 3.05) is 13.1 Å². The predicted octanol–water partition coefficient (Wildman–Crippen LogP) is 3.11. The minimum atomic E-state index is -1.19. The van der Waals surface area contributed by atoms with E-state index in [1.807, 2.05) is 0 Å². The minimum absolute atomic E-state index is 0.122. The first-order valence-electron chi connectivity index (χ1n) is 5.39. The van der Waals surface area contributed by atoms with Gasteiger partial charge in [0, 0.05) is 18.7 Å². The largest absolute Gasteiger partial charge is 0.342 e. The zero-order chi connectivity index (χ0) is 13.0. The maximum Gasteiger partial charge on any atom is 0.245 e. The van der Waals surface area contributed by atoms with Gasteiger partial charge >= 0.3 is 0 Å². The number of carbonyl (C=O) groups is 1. The molecular formula is C12H14ClF2NO. The lowest BCUT2D eigenvalue weighted by atomic mass is 10.1. The van der Waals surface area contributed by atoms with Crippen molar-refractivity contribution in [1.29, 1.82) is 0 Å². The third-order valence-electron chi connectivity index (χ3n) is 2.52. The van der Waals surface area contributed by atoms with Crippen molar-refractivity contribution in [3.8, 4) is 0 Å². The topological polar surface area (TPSA) is 20.3 Å². The molecule has 5 heteroatoms. The standard InChI is InChI=1S/C12H14ClF2NO/c1-3-16(4-2)12(17)11(13)9-7-8(14)5-6-10(9)15/h5-7,11H,3-4H2,1-2H3. The Morgan fingerprint density at radius 2 is 1.94 bits per heavy atom. The molecule has 0 fully saturated rings. The summed E-state index contributed by atoms with van der Waals surface area (Å²) in [5.41, 5.74) is -0.122. The van der Waals surface area contributed by atoms with Gasteiger partial charge in [-0.1, -0.05) is 0 Å². The molecule has 0 aliphatic rings. The van der Waals surface area contributed by atoms with Crippen LogP contribution in [0.1, 0.15) is 24.8 Å². The van der Waals surface area contributed by atoms with Gasteiger partial charge in [0.2, 0.25) is 5.91 Å². The van der Waals surface area contributed by atoms with Gasteiger partial charge in [-0.3, -0.25) is 4.79 Å². The van der Waals surface area contributed by atoms with E-state index in [0.29, 0.717) is 13.1 Å². The fraction of sp³-hybridized carbons (Fsp3) is 0.417. The maximum atomic E-state index is 13.4. The van der Waals surface area contributed by atoms with Crippen LogP contribution in [0.25, 0.3) is 0 Å². The number of halogens is 3. The van der Waals surface area contributed by atoms with Gasteiger partial charge in [-0.05, 0) is 32.0 Å². The van der Waals surface area contributed by atoms with Crippen LogP contribution in [0.4, 0.5) is 8.78 Å². The lowest BCUT2D eigenvalue weighted by Crippen LogP contribution is -2.33. The summed E-state index contributed by atoms with van der Waals surface area (Å²) in [6.45, 7) is 4.56. The molecule has 94 valence electrons. The minimum Gasteiger partial charge on any atom is -0.342 e. The molecule has 0 aliphatic carbocycles. The summed E-state index contributed by atoms with van der Waals surface area (Å²) in [5, 5.41) is -1.19. The van der Waals surface area contributed by atoms with Gasteiger partial charge in [0.15, 0.2) is 0 Å². The molecule has 0 saturated carbocycles. The van der Waals surface area contributed by atoms with Gasteiger partial charge in [0.25, 0.3) is 0 Å². The number of hydrogen-bond donors (Lipinski definition) is 0. The quantitative estimate of drug-likeness (QED) is 0.763. The molecule has 2 nitrogen and oxygen atoms in total. The molecule has 0 N–H and O–H groups in total. The number of amides is 1. The summed E-state index contributed by atoms with van der Waals surface area (Å²) in [6, 6.07) is 2.91. The Morgan fingerprint density at radius 3 is 2.47 bits per heavy atom. The fourth-order valence-corrected chi connectivity index (χ4v) is 1.84. The van der Waals surface area contributed by atoms with Crippen LogP contribution in [0, 0.1) is 11.6 Å². The first-order valence-corrected chi connectivity index (χ1v) is 5.82. The van der Waals surface area contributed by atoms with E-state index in [4.69, 9.17) is 11.6 Å². The van der Waals surface area contributed by atoms with Crippen molar-refractivity contribution >= 4 is 17.5 Å². The molecule has 0 heterocycles. The van der Waals surface area contributed by atoms with E-state index in [1.165, 1.54) is 4.90 Å². The van der Waals surface area contributed by atoms with Gasteiger partial charge in [-0.2, -0.15) is 0 Å². The molecule has 1 rings (SSSR count). The maximum absolute atomic E-state index is 13.4. The number of alkyl halides is 1. The molecule has 1 aromatic rings. The Balaban J connectivity index is 2.99. The molecule has 1 unspecified atom stereocenters. The number of rotatable bonds is 4. The summed E-state index contributed by atoms with van der Waals surface area (Å²) in [6.07, 6.45) is 0. The van der Waals surface area contributed by atoms with Gasteiger partial charge in [0.1, 0.15) is 17.0 Å². The second-order valence-corrected chi connectivity index (χ2v) is 3.98. The SMILES string of the molecule is CCN(CC)C(=O)C(Cl)c1cc(F)ccc1F. The van der Waals surface area contributed by atoms with Crippen molar-refractivity contribution in [2.24, 2.45) is 0 Å². The van der Waals surface area contributed by atoms with Crippen LogP contribution in [0.2, 0.25) is 0 Å². The third-order valence-corrected chi connectivity index (χ3v) is 2.94. The monoisotopic (exact) mass is 261 g/mol. The molecule has 17 heavy (non-hydrogen) atoms. The van der Waals surface area contributed by atoms with Gasteiger partial charge in [0.05, 0.1) is 0 Å². The van der Waals surface area contributed by atoms with Crippen molar-refractivity contribution in [2.45, 2.75) is 19.2 Å². The Hall–Kier alpha value is -1.16. The molecule has 0 radical (unpaired) electrons. The second-order valence-electron chi connectivity index (χ2n) is 3.54. The molecule has 0 aliphatic heterocycles. The number of nitrogens with zero attached hydrogens (tertiary/aromatic N) is 1. The van der Waals surface area contributed by atoms with E-state index in [-0.39, 0.29) is 5.56 Å². The molecule has 1 aromatic carbocycles. The van der Waals surface area contributed by atoms with E-state index in [2.05, 4.69) is 0 Å². The average Bonchev–Trinajstić information content (AvgIpc) is 2.32. The molecule has 0 spiro atoms. The summed E-state index contributed by atoms with van der Waals surface area (Å²) in [4.78, 5) is 13.3. The number of carbonyl (C=O) groups excluding carboxylic acids is 1. The van der Waals surface area contributed by atoms with Gasteiger partial charge < -0.3 is 4.90 Å². The third kappa shape index (κ3) is 3.16. The van der Waals surface area contributed by atoms with Gasteiger partial charge in [-0.25, -0.2) is 8.78 Å². The summed E-state index contributed by atoms with van der Waals surface area (Å²) < 4.78 is 26.4. The van der Waals surface area contributed by atoms with E-state index >= 15 is 0 Å². The van der Waals surface area contributed by atoms with Crippen LogP contribution in [-0.2, 0) is 4.79 Å². The Kier molecular flexibility index (Phi) is 4.87. The van der Waals surface area contributed by atoms with E-state index < -0.39 is 22.9 Å². The van der Waals surface area contributed by atoms with E-state index in [1.54, 1.807) is 13.8 Å². The van der Waals surface area contributed by atoms with Crippen LogP contribution in [0.3, 0.4) is 0 Å². The zero-order valence-corrected chi connectivity index (χ0v) is 10.5. The number of likely N-dealkylation sites (N-methyl/N-ethyl adjacent to an activating group) is 1. The first-order chi connectivity index (χ1) is 8.01.